The number of aliphatic hydroxyl groups is 1. The number of hydrogen-bond acceptors (Lipinski definition) is 4. The molecule has 1 aromatic heterocycles. The molecular weight excluding hydrogens is 584 g/mol. The van der Waals surface area contributed by atoms with E-state index < -0.39 is 0 Å². The predicted molar refractivity (Wildman–Crippen MR) is 192 cm³/mol. The van der Waals surface area contributed by atoms with Gasteiger partial charge in [0, 0.05) is 41.8 Å². The van der Waals surface area contributed by atoms with Gasteiger partial charge in [0.05, 0.1) is 23.2 Å². The van der Waals surface area contributed by atoms with Gasteiger partial charge >= 0.3 is 6.03 Å². The number of aliphatic hydroxyl groups excluding tert-OH is 1. The number of nitrogens with zero attached hydrogens (tertiary/aromatic N) is 2. The summed E-state index contributed by atoms with van der Waals surface area (Å²) in [5.41, 5.74) is 8.16. The van der Waals surface area contributed by atoms with Crippen molar-refractivity contribution in [3.63, 3.8) is 0 Å². The number of nitrogens with one attached hydrogen (secondary N) is 2. The Hall–Kier alpha value is -4.67. The summed E-state index contributed by atoms with van der Waals surface area (Å²) >= 11 is 0. The maximum atomic E-state index is 14.3. The number of carbonyl (C=O) groups is 2. The van der Waals surface area contributed by atoms with Gasteiger partial charge in [-0.2, -0.15) is 0 Å². The summed E-state index contributed by atoms with van der Waals surface area (Å²) in [5.74, 6) is 6.86. The Morgan fingerprint density at radius 1 is 1.06 bits per heavy atom. The van der Waals surface area contributed by atoms with Crippen LogP contribution in [0.4, 0.5) is 21.9 Å². The van der Waals surface area contributed by atoms with Crippen LogP contribution in [0.15, 0.2) is 66.9 Å². The zero-order chi connectivity index (χ0) is 33.7. The second-order valence-electron chi connectivity index (χ2n) is 13.1. The number of unbranched alkanes of at least 4 members (excludes halogenated alkanes) is 1. The number of carbonyl (C=O) groups excluding carboxylic acids is 2. The fourth-order valence-electron chi connectivity index (χ4n) is 6.22. The van der Waals surface area contributed by atoms with Gasteiger partial charge in [-0.1, -0.05) is 57.9 Å². The Labute approximate surface area is 278 Å². The molecule has 47 heavy (non-hydrogen) atoms. The molecule has 0 fully saturated rings. The standard InChI is InChI=1S/C40H46N4O3/c1-7-9-10-19-40(5,6)31-13-15-32(16-14-31)44-37-30(24-33(26(3)4)38(44)46)25-42-36-18-12-29(23-34(36)37)28-11-17-35(27(8-2)22-28)43-39(47)41-20-21-45/h11-18,22-23,25-26,33,45H,7-9,20-21,24H2,1-6H3,(H2,41,43,47). The number of rotatable bonds is 9. The molecule has 0 bridgehead atoms. The van der Waals surface area contributed by atoms with Crippen LogP contribution in [-0.2, 0) is 23.1 Å². The van der Waals surface area contributed by atoms with Crippen LogP contribution in [0, 0.1) is 23.7 Å². The molecule has 3 amide bonds. The third-order valence-electron chi connectivity index (χ3n) is 9.01. The highest BCUT2D eigenvalue weighted by atomic mass is 16.3. The van der Waals surface area contributed by atoms with E-state index >= 15 is 0 Å². The van der Waals surface area contributed by atoms with E-state index in [-0.39, 0.29) is 42.3 Å². The van der Waals surface area contributed by atoms with Crippen molar-refractivity contribution in [1.82, 2.24) is 10.3 Å². The summed E-state index contributed by atoms with van der Waals surface area (Å²) < 4.78 is 0. The van der Waals surface area contributed by atoms with E-state index in [0.29, 0.717) is 6.42 Å². The number of hydrogen-bond donors (Lipinski definition) is 3. The molecule has 0 spiro atoms. The molecule has 1 aliphatic rings. The van der Waals surface area contributed by atoms with E-state index in [9.17, 15) is 9.59 Å². The van der Waals surface area contributed by atoms with Crippen LogP contribution in [0.5, 0.6) is 0 Å². The fourth-order valence-corrected chi connectivity index (χ4v) is 6.22. The van der Waals surface area contributed by atoms with Crippen LogP contribution in [0.1, 0.15) is 71.1 Å². The van der Waals surface area contributed by atoms with Gasteiger partial charge in [-0.3, -0.25) is 14.7 Å². The minimum atomic E-state index is -0.351. The van der Waals surface area contributed by atoms with Crippen molar-refractivity contribution in [3.05, 3.63) is 83.6 Å². The van der Waals surface area contributed by atoms with Gasteiger partial charge in [0.25, 0.3) is 0 Å². The van der Waals surface area contributed by atoms with Gasteiger partial charge in [-0.25, -0.2) is 4.79 Å². The molecule has 1 unspecified atom stereocenters. The molecular formula is C40H46N4O3. The molecule has 3 aromatic carbocycles. The highest BCUT2D eigenvalue weighted by Crippen LogP contribution is 2.43. The predicted octanol–water partition coefficient (Wildman–Crippen LogP) is 8.15. The third-order valence-corrected chi connectivity index (χ3v) is 9.01. The Bertz CT molecular complexity index is 1830. The molecule has 0 saturated heterocycles. The van der Waals surface area contributed by atoms with Crippen LogP contribution in [-0.4, -0.2) is 35.2 Å². The number of aromatic nitrogens is 1. The first-order valence-electron chi connectivity index (χ1n) is 16.7. The Morgan fingerprint density at radius 2 is 1.79 bits per heavy atom. The number of pyridine rings is 1. The summed E-state index contributed by atoms with van der Waals surface area (Å²) in [6.45, 7) is 12.8. The number of benzene rings is 3. The minimum absolute atomic E-state index is 0.100. The lowest BCUT2D eigenvalue weighted by atomic mass is 9.82. The van der Waals surface area contributed by atoms with Gasteiger partial charge in [0.2, 0.25) is 5.91 Å². The largest absolute Gasteiger partial charge is 0.395 e. The molecule has 5 rings (SSSR count). The first-order valence-corrected chi connectivity index (χ1v) is 16.7. The van der Waals surface area contributed by atoms with E-state index in [1.807, 2.05) is 29.3 Å². The Kier molecular flexibility index (Phi) is 10.3. The van der Waals surface area contributed by atoms with Crippen LogP contribution < -0.4 is 15.5 Å². The third kappa shape index (κ3) is 7.18. The lowest BCUT2D eigenvalue weighted by Crippen LogP contribution is -2.40. The lowest BCUT2D eigenvalue weighted by molar-refractivity contribution is -0.123. The second kappa shape index (κ2) is 14.4. The second-order valence-corrected chi connectivity index (χ2v) is 13.1. The number of fused-ring (bicyclic) bond motifs is 3. The maximum absolute atomic E-state index is 14.3. The van der Waals surface area contributed by atoms with Crippen molar-refractivity contribution >= 4 is 39.9 Å². The van der Waals surface area contributed by atoms with Crippen LogP contribution in [0.3, 0.4) is 0 Å². The molecule has 7 heteroatoms. The zero-order valence-electron chi connectivity index (χ0n) is 28.4. The summed E-state index contributed by atoms with van der Waals surface area (Å²) in [6.07, 6.45) is 5.22. The average molecular weight is 631 g/mol. The first kappa shape index (κ1) is 33.7. The summed E-state index contributed by atoms with van der Waals surface area (Å²) in [4.78, 5) is 33.3. The molecule has 4 aromatic rings. The summed E-state index contributed by atoms with van der Waals surface area (Å²) in [5, 5.41) is 15.5. The molecule has 0 aliphatic carbocycles. The van der Waals surface area contributed by atoms with Gasteiger partial charge in [0.1, 0.15) is 0 Å². The summed E-state index contributed by atoms with van der Waals surface area (Å²) in [7, 11) is 0. The van der Waals surface area contributed by atoms with Crippen molar-refractivity contribution in [2.45, 2.75) is 72.6 Å². The fraction of sp³-hybridized carbons (Fsp3) is 0.375. The van der Waals surface area contributed by atoms with Crippen molar-refractivity contribution in [2.24, 2.45) is 11.8 Å². The van der Waals surface area contributed by atoms with Gasteiger partial charge in [-0.05, 0) is 103 Å². The van der Waals surface area contributed by atoms with E-state index in [1.54, 1.807) is 0 Å². The van der Waals surface area contributed by atoms with Crippen molar-refractivity contribution in [2.75, 3.05) is 23.4 Å². The highest BCUT2D eigenvalue weighted by molar-refractivity contribution is 6.12. The van der Waals surface area contributed by atoms with E-state index in [0.717, 1.165) is 75.0 Å². The Morgan fingerprint density at radius 3 is 2.47 bits per heavy atom. The smallest absolute Gasteiger partial charge is 0.319 e. The molecule has 0 radical (unpaired) electrons. The first-order chi connectivity index (χ1) is 22.6. The molecule has 0 saturated carbocycles. The number of amides is 3. The van der Waals surface area contributed by atoms with Crippen molar-refractivity contribution < 1.29 is 14.7 Å². The monoisotopic (exact) mass is 630 g/mol. The van der Waals surface area contributed by atoms with Crippen LogP contribution in [0.25, 0.3) is 22.0 Å². The molecule has 244 valence electrons. The number of anilines is 3. The molecule has 3 N–H and O–H groups in total. The Balaban J connectivity index is 1.58. The highest BCUT2D eigenvalue weighted by Gasteiger charge is 2.37. The van der Waals surface area contributed by atoms with E-state index in [1.165, 1.54) is 0 Å². The molecule has 1 aliphatic heterocycles. The maximum Gasteiger partial charge on any atom is 0.319 e. The van der Waals surface area contributed by atoms with Crippen molar-refractivity contribution in [3.8, 4) is 23.0 Å². The van der Waals surface area contributed by atoms with Gasteiger partial charge < -0.3 is 15.7 Å². The molecule has 2 heterocycles. The van der Waals surface area contributed by atoms with E-state index in [2.05, 4.69) is 106 Å². The van der Waals surface area contributed by atoms with Crippen molar-refractivity contribution in [1.29, 1.82) is 0 Å². The average Bonchev–Trinajstić information content (AvgIpc) is 3.07. The SMILES string of the molecule is CCCC#CC(C)(C)c1ccc(N2C(=O)C(C(C)C)Cc3cnc4ccc(-c5ccc(NC(=O)NCCO)c(CC)c5)cc4c32)cc1. The normalized spacial score (nSPS) is 14.5. The molecule has 1 atom stereocenters. The topological polar surface area (TPSA) is 94.6 Å². The number of urea groups is 1. The van der Waals surface area contributed by atoms with Gasteiger partial charge in [-0.15, -0.1) is 5.92 Å². The zero-order valence-corrected chi connectivity index (χ0v) is 28.4. The quantitative estimate of drug-likeness (QED) is 0.163. The summed E-state index contributed by atoms with van der Waals surface area (Å²) in [6, 6.07) is 20.1. The lowest BCUT2D eigenvalue weighted by Gasteiger charge is -2.36. The number of aryl methyl sites for hydroxylation is 1. The van der Waals surface area contributed by atoms with E-state index in [4.69, 9.17) is 10.1 Å². The van der Waals surface area contributed by atoms with Gasteiger partial charge in [0.15, 0.2) is 0 Å². The minimum Gasteiger partial charge on any atom is -0.395 e. The van der Waals surface area contributed by atoms with Crippen LogP contribution in [0.2, 0.25) is 0 Å². The molecule has 7 nitrogen and oxygen atoms in total. The van der Waals surface area contributed by atoms with Crippen LogP contribution >= 0.6 is 0 Å².